The van der Waals surface area contributed by atoms with Crippen LogP contribution in [0.4, 0.5) is 13.2 Å². The van der Waals surface area contributed by atoms with Crippen LogP contribution < -0.4 is 0 Å². The molecule has 0 N–H and O–H groups in total. The van der Waals surface area contributed by atoms with Gasteiger partial charge in [0.2, 0.25) is 5.82 Å². The van der Waals surface area contributed by atoms with Crippen molar-refractivity contribution in [3.8, 4) is 11.4 Å². The van der Waals surface area contributed by atoms with Gasteiger partial charge < -0.3 is 9.09 Å². The van der Waals surface area contributed by atoms with E-state index in [1.165, 1.54) is 6.20 Å². The molecule has 4 rings (SSSR count). The second-order valence-corrected chi connectivity index (χ2v) is 7.00. The lowest BCUT2D eigenvalue weighted by Crippen LogP contribution is -2.34. The molecule has 0 aromatic carbocycles. The molecular formula is C18H19F3N6O. The van der Waals surface area contributed by atoms with Gasteiger partial charge in [-0.05, 0) is 31.5 Å². The number of pyridine rings is 1. The maximum Gasteiger partial charge on any atom is 0.471 e. The van der Waals surface area contributed by atoms with Crippen molar-refractivity contribution in [1.29, 1.82) is 0 Å². The Balaban J connectivity index is 1.43. The second-order valence-electron chi connectivity index (χ2n) is 7.00. The Kier molecular flexibility index (Phi) is 4.88. The van der Waals surface area contributed by atoms with Gasteiger partial charge in [-0.15, -0.1) is 0 Å². The van der Waals surface area contributed by atoms with Crippen LogP contribution in [0.2, 0.25) is 0 Å². The largest absolute Gasteiger partial charge is 0.471 e. The molecule has 1 fully saturated rings. The summed E-state index contributed by atoms with van der Waals surface area (Å²) >= 11 is 0. The zero-order chi connectivity index (χ0) is 19.7. The Labute approximate surface area is 159 Å². The maximum atomic E-state index is 12.6. The van der Waals surface area contributed by atoms with Crippen molar-refractivity contribution in [2.24, 2.45) is 7.05 Å². The number of likely N-dealkylation sites (tertiary alicyclic amines) is 1. The fraction of sp³-hybridized carbons (Fsp3) is 0.444. The first-order valence-corrected chi connectivity index (χ1v) is 8.95. The molecule has 0 unspecified atom stereocenters. The summed E-state index contributed by atoms with van der Waals surface area (Å²) < 4.78 is 44.0. The van der Waals surface area contributed by atoms with Crippen LogP contribution in [0.5, 0.6) is 0 Å². The van der Waals surface area contributed by atoms with Crippen LogP contribution in [0, 0.1) is 0 Å². The highest BCUT2D eigenvalue weighted by Gasteiger charge is 2.38. The lowest BCUT2D eigenvalue weighted by molar-refractivity contribution is -0.159. The van der Waals surface area contributed by atoms with Crippen LogP contribution in [-0.2, 0) is 19.8 Å². The average molecular weight is 392 g/mol. The molecule has 1 aliphatic rings. The molecule has 0 aliphatic carbocycles. The minimum atomic E-state index is -4.65. The molecule has 0 radical (unpaired) electrons. The van der Waals surface area contributed by atoms with Crippen LogP contribution in [0.25, 0.3) is 11.4 Å². The van der Waals surface area contributed by atoms with E-state index >= 15 is 0 Å². The topological polar surface area (TPSA) is 72.9 Å². The molecule has 0 bridgehead atoms. The van der Waals surface area contributed by atoms with Gasteiger partial charge in [-0.1, -0.05) is 5.16 Å². The third kappa shape index (κ3) is 4.06. The van der Waals surface area contributed by atoms with Gasteiger partial charge in [0.15, 0.2) is 0 Å². The van der Waals surface area contributed by atoms with E-state index in [4.69, 9.17) is 0 Å². The highest BCUT2D eigenvalue weighted by Crippen LogP contribution is 2.30. The third-order valence-corrected chi connectivity index (χ3v) is 4.78. The van der Waals surface area contributed by atoms with Crippen LogP contribution in [0.15, 0.2) is 35.4 Å². The molecule has 4 heterocycles. The number of piperidine rings is 1. The van der Waals surface area contributed by atoms with Gasteiger partial charge in [0, 0.05) is 49.7 Å². The van der Waals surface area contributed by atoms with Gasteiger partial charge in [0.1, 0.15) is 0 Å². The van der Waals surface area contributed by atoms with E-state index in [0.717, 1.165) is 43.9 Å². The van der Waals surface area contributed by atoms with Crippen molar-refractivity contribution >= 4 is 0 Å². The van der Waals surface area contributed by atoms with Crippen molar-refractivity contribution in [1.82, 2.24) is 29.6 Å². The van der Waals surface area contributed by atoms with E-state index < -0.39 is 12.1 Å². The highest BCUT2D eigenvalue weighted by atomic mass is 19.4. The molecule has 28 heavy (non-hydrogen) atoms. The molecule has 148 valence electrons. The van der Waals surface area contributed by atoms with E-state index in [1.54, 1.807) is 12.4 Å². The maximum absolute atomic E-state index is 12.6. The zero-order valence-corrected chi connectivity index (χ0v) is 15.2. The molecule has 1 aliphatic heterocycles. The number of hydrogen-bond acceptors (Lipinski definition) is 6. The number of alkyl halides is 3. The van der Waals surface area contributed by atoms with Gasteiger partial charge in [0.25, 0.3) is 0 Å². The van der Waals surface area contributed by atoms with Crippen molar-refractivity contribution in [2.45, 2.75) is 31.5 Å². The highest BCUT2D eigenvalue weighted by molar-refractivity contribution is 5.52. The fourth-order valence-electron chi connectivity index (χ4n) is 3.45. The van der Waals surface area contributed by atoms with Crippen molar-refractivity contribution in [3.63, 3.8) is 0 Å². The Morgan fingerprint density at radius 1 is 1.25 bits per heavy atom. The van der Waals surface area contributed by atoms with Crippen LogP contribution in [0.3, 0.4) is 0 Å². The second kappa shape index (κ2) is 7.34. The van der Waals surface area contributed by atoms with Crippen LogP contribution >= 0.6 is 0 Å². The van der Waals surface area contributed by atoms with Gasteiger partial charge in [-0.3, -0.25) is 9.88 Å². The summed E-state index contributed by atoms with van der Waals surface area (Å²) in [5.41, 5.74) is 2.34. The monoisotopic (exact) mass is 392 g/mol. The summed E-state index contributed by atoms with van der Waals surface area (Å²) in [4.78, 5) is 14.6. The summed E-state index contributed by atoms with van der Waals surface area (Å²) in [5.74, 6) is -1.21. The quantitative estimate of drug-likeness (QED) is 0.679. The standard InChI is InChI=1S/C18H19F3N6O/c1-26-9-14(23-11-26)10-27-6-2-3-13(8-27)15-5-4-12(7-22-15)16-24-17(28-25-16)18(19,20)21/h4-5,7,9,11,13H,2-3,6,8,10H2,1H3/t13-/m1/s1. The normalized spacial score (nSPS) is 18.5. The molecular weight excluding hydrogens is 373 g/mol. The lowest BCUT2D eigenvalue weighted by Gasteiger charge is -2.32. The van der Waals surface area contributed by atoms with Gasteiger partial charge in [0.05, 0.1) is 12.0 Å². The Bertz CT molecular complexity index is 933. The number of aromatic nitrogens is 5. The number of rotatable bonds is 4. The van der Waals surface area contributed by atoms with Crippen molar-refractivity contribution < 1.29 is 17.7 Å². The first-order chi connectivity index (χ1) is 13.4. The van der Waals surface area contributed by atoms with Gasteiger partial charge >= 0.3 is 12.1 Å². The summed E-state index contributed by atoms with van der Waals surface area (Å²) in [5, 5.41) is 3.39. The van der Waals surface area contributed by atoms with E-state index in [1.807, 2.05) is 23.9 Å². The zero-order valence-electron chi connectivity index (χ0n) is 15.2. The van der Waals surface area contributed by atoms with Crippen LogP contribution in [0.1, 0.15) is 36.0 Å². The minimum absolute atomic E-state index is 0.119. The Hall–Kier alpha value is -2.75. The molecule has 0 spiro atoms. The first kappa shape index (κ1) is 18.6. The smallest absolute Gasteiger partial charge is 0.340 e. The predicted octanol–water partition coefficient (Wildman–Crippen LogP) is 3.26. The molecule has 7 nitrogen and oxygen atoms in total. The number of nitrogens with zero attached hydrogens (tertiary/aromatic N) is 6. The number of imidazole rings is 1. The Morgan fingerprint density at radius 3 is 2.75 bits per heavy atom. The predicted molar refractivity (Wildman–Crippen MR) is 93.0 cm³/mol. The molecule has 0 saturated carbocycles. The van der Waals surface area contributed by atoms with E-state index in [9.17, 15) is 13.2 Å². The fourth-order valence-corrected chi connectivity index (χ4v) is 3.45. The summed E-state index contributed by atoms with van der Waals surface area (Å²) in [6, 6.07) is 3.51. The number of hydrogen-bond donors (Lipinski definition) is 0. The number of halogens is 3. The molecule has 0 amide bonds. The molecule has 10 heteroatoms. The summed E-state index contributed by atoms with van der Waals surface area (Å²) in [7, 11) is 1.95. The van der Waals surface area contributed by atoms with E-state index in [2.05, 4.69) is 29.5 Å². The minimum Gasteiger partial charge on any atom is -0.340 e. The van der Waals surface area contributed by atoms with Crippen LogP contribution in [-0.4, -0.2) is 42.7 Å². The average Bonchev–Trinajstić information content (AvgIpc) is 3.31. The molecule has 3 aromatic heterocycles. The van der Waals surface area contributed by atoms with Gasteiger partial charge in [-0.25, -0.2) is 4.98 Å². The molecule has 3 aromatic rings. The molecule has 1 saturated heterocycles. The SMILES string of the molecule is Cn1cnc(CN2CCC[C@@H](c3ccc(-c4noc(C(F)(F)F)n4)cn3)C2)c1. The summed E-state index contributed by atoms with van der Waals surface area (Å²) in [6.45, 7) is 2.66. The first-order valence-electron chi connectivity index (χ1n) is 8.95. The third-order valence-electron chi connectivity index (χ3n) is 4.78. The van der Waals surface area contributed by atoms with Crippen molar-refractivity contribution in [3.05, 3.63) is 48.1 Å². The number of aryl methyl sites for hydroxylation is 1. The van der Waals surface area contributed by atoms with E-state index in [-0.39, 0.29) is 11.7 Å². The summed E-state index contributed by atoms with van der Waals surface area (Å²) in [6.07, 6.45) is 2.72. The van der Waals surface area contributed by atoms with E-state index in [0.29, 0.717) is 5.56 Å². The van der Waals surface area contributed by atoms with Gasteiger partial charge in [-0.2, -0.15) is 18.2 Å². The lowest BCUT2D eigenvalue weighted by atomic mass is 9.94. The molecule has 1 atom stereocenters. The van der Waals surface area contributed by atoms with Crippen molar-refractivity contribution in [2.75, 3.05) is 13.1 Å². The Morgan fingerprint density at radius 2 is 2.11 bits per heavy atom.